The molecule has 0 unspecified atom stereocenters. The number of alkyl halides is 2. The van der Waals surface area contributed by atoms with E-state index >= 15 is 0 Å². The molecule has 78 valence electrons. The molecule has 0 spiro atoms. The zero-order valence-corrected chi connectivity index (χ0v) is 9.21. The number of hydrogen-bond donors (Lipinski definition) is 2. The van der Waals surface area contributed by atoms with Gasteiger partial charge in [-0.3, -0.25) is 0 Å². The number of hydrogen-bond acceptors (Lipinski definition) is 2. The van der Waals surface area contributed by atoms with Crippen molar-refractivity contribution in [3.05, 3.63) is 35.9 Å². The van der Waals surface area contributed by atoms with Gasteiger partial charge in [-0.1, -0.05) is 53.5 Å². The Labute approximate surface area is 90.7 Å². The molecule has 4 nitrogen and oxygen atoms in total. The third-order valence-corrected chi connectivity index (χ3v) is 2.66. The van der Waals surface area contributed by atoms with Gasteiger partial charge < -0.3 is 9.79 Å². The highest BCUT2D eigenvalue weighted by Gasteiger charge is 2.35. The Morgan fingerprint density at radius 1 is 1.21 bits per heavy atom. The number of rotatable bonds is 3. The molecule has 0 aliphatic heterocycles. The van der Waals surface area contributed by atoms with Crippen molar-refractivity contribution in [1.29, 1.82) is 0 Å². The van der Waals surface area contributed by atoms with E-state index < -0.39 is 12.3 Å². The lowest BCUT2D eigenvalue weighted by atomic mass is 10.2. The zero-order chi connectivity index (χ0) is 10.8. The minimum absolute atomic E-state index is 0.256. The van der Waals surface area contributed by atoms with E-state index in [0.29, 0.717) is 0 Å². The average Bonchev–Trinajstić information content (AvgIpc) is 2.01. The van der Waals surface area contributed by atoms with Crippen molar-refractivity contribution in [1.82, 2.24) is 0 Å². The first-order valence-electron chi connectivity index (χ1n) is 3.51. The molecule has 0 aliphatic carbocycles. The van der Waals surface area contributed by atoms with Gasteiger partial charge in [-0.2, -0.15) is 0 Å². The van der Waals surface area contributed by atoms with Gasteiger partial charge in [0.05, 0.1) is 0 Å². The molecule has 14 heavy (non-hydrogen) atoms. The fraction of sp³-hybridized carbons (Fsp3) is 0.143. The van der Waals surface area contributed by atoms with E-state index in [1.807, 2.05) is 0 Å². The van der Waals surface area contributed by atoms with E-state index in [1.165, 1.54) is 12.1 Å². The molecule has 0 saturated heterocycles. The first kappa shape index (κ1) is 12.0. The summed E-state index contributed by atoms with van der Waals surface area (Å²) < 4.78 is 12.7. The fourth-order valence-electron chi connectivity index (χ4n) is 0.834. The van der Waals surface area contributed by atoms with Gasteiger partial charge in [0.25, 0.3) is 4.52 Å². The van der Waals surface area contributed by atoms with Crippen molar-refractivity contribution < 1.29 is 18.9 Å². The van der Waals surface area contributed by atoms with E-state index in [1.54, 1.807) is 18.2 Å². The highest BCUT2D eigenvalue weighted by Crippen LogP contribution is 2.49. The number of phosphoric ester groups is 1. The first-order chi connectivity index (χ1) is 6.31. The first-order valence-corrected chi connectivity index (χ1v) is 5.79. The number of benzene rings is 1. The van der Waals surface area contributed by atoms with Crippen LogP contribution in [0.1, 0.15) is 5.56 Å². The van der Waals surface area contributed by atoms with Crippen LogP contribution in [-0.2, 0) is 13.6 Å². The summed E-state index contributed by atoms with van der Waals surface area (Å²) in [5.74, 6) is 0. The molecule has 0 radical (unpaired) electrons. The molecule has 1 rings (SSSR count). The van der Waals surface area contributed by atoms with Gasteiger partial charge in [0.15, 0.2) is 0 Å². The smallest absolute Gasteiger partial charge is 0.303 e. The standard InChI is InChI=1S/C7H7Cl2O4P/c8-7(9,13-14(10,11)12)6-4-2-1-3-5-6/h1-5H,(H2,10,11,12). The van der Waals surface area contributed by atoms with Crippen molar-refractivity contribution >= 4 is 31.0 Å². The fourth-order valence-corrected chi connectivity index (χ4v) is 2.03. The molecule has 0 aliphatic rings. The summed E-state index contributed by atoms with van der Waals surface area (Å²) in [6.07, 6.45) is 0. The second kappa shape index (κ2) is 4.19. The zero-order valence-electron chi connectivity index (χ0n) is 6.80. The molecule has 0 aromatic heterocycles. The van der Waals surface area contributed by atoms with Gasteiger partial charge >= 0.3 is 7.82 Å². The maximum Gasteiger partial charge on any atom is 0.472 e. The molecule has 2 N–H and O–H groups in total. The van der Waals surface area contributed by atoms with Gasteiger partial charge in [0.1, 0.15) is 0 Å². The molecule has 0 bridgehead atoms. The highest BCUT2D eigenvalue weighted by molar-refractivity contribution is 7.46. The topological polar surface area (TPSA) is 66.8 Å². The summed E-state index contributed by atoms with van der Waals surface area (Å²) in [5.41, 5.74) is 0.256. The normalized spacial score (nSPS) is 12.9. The Balaban J connectivity index is 2.92. The maximum absolute atomic E-state index is 10.5. The Hall–Kier alpha value is -0.0900. The van der Waals surface area contributed by atoms with Crippen LogP contribution in [0.4, 0.5) is 0 Å². The summed E-state index contributed by atoms with van der Waals surface area (Å²) in [6.45, 7) is 0. The summed E-state index contributed by atoms with van der Waals surface area (Å²) in [4.78, 5) is 17.1. The summed E-state index contributed by atoms with van der Waals surface area (Å²) in [5, 5.41) is 0. The molecule has 0 atom stereocenters. The Kier molecular flexibility index (Phi) is 3.58. The van der Waals surface area contributed by atoms with Gasteiger partial charge in [-0.15, -0.1) is 0 Å². The summed E-state index contributed by atoms with van der Waals surface area (Å²) >= 11 is 11.2. The third-order valence-electron chi connectivity index (χ3n) is 1.34. The Bertz CT molecular complexity index is 348. The van der Waals surface area contributed by atoms with E-state index in [-0.39, 0.29) is 5.56 Å². The lowest BCUT2D eigenvalue weighted by Crippen LogP contribution is -2.13. The van der Waals surface area contributed by atoms with Crippen LogP contribution in [-0.4, -0.2) is 9.79 Å². The van der Waals surface area contributed by atoms with E-state index in [4.69, 9.17) is 33.0 Å². The second-order valence-corrected chi connectivity index (χ2v) is 4.89. The van der Waals surface area contributed by atoms with Crippen LogP contribution < -0.4 is 0 Å². The molecule has 0 amide bonds. The van der Waals surface area contributed by atoms with Crippen molar-refractivity contribution in [3.63, 3.8) is 0 Å². The van der Waals surface area contributed by atoms with Gasteiger partial charge in [-0.25, -0.2) is 9.09 Å². The van der Waals surface area contributed by atoms with Crippen LogP contribution in [0, 0.1) is 0 Å². The molecular formula is C7H7Cl2O4P. The average molecular weight is 257 g/mol. The van der Waals surface area contributed by atoms with Gasteiger partial charge in [0.2, 0.25) is 0 Å². The van der Waals surface area contributed by atoms with Crippen LogP contribution in [0.25, 0.3) is 0 Å². The SMILES string of the molecule is O=P(O)(O)OC(Cl)(Cl)c1ccccc1. The quantitative estimate of drug-likeness (QED) is 0.644. The van der Waals surface area contributed by atoms with E-state index in [9.17, 15) is 4.57 Å². The van der Waals surface area contributed by atoms with E-state index in [2.05, 4.69) is 4.52 Å². The van der Waals surface area contributed by atoms with Crippen LogP contribution in [0.15, 0.2) is 30.3 Å². The lowest BCUT2D eigenvalue weighted by Gasteiger charge is -2.20. The lowest BCUT2D eigenvalue weighted by molar-refractivity contribution is 0.156. The van der Waals surface area contributed by atoms with Crippen molar-refractivity contribution in [2.75, 3.05) is 0 Å². The molecule has 0 heterocycles. The van der Waals surface area contributed by atoms with Crippen LogP contribution in [0.3, 0.4) is 0 Å². The van der Waals surface area contributed by atoms with Crippen LogP contribution >= 0.6 is 31.0 Å². The number of phosphoric acid groups is 1. The van der Waals surface area contributed by atoms with Crippen LogP contribution in [0.2, 0.25) is 0 Å². The maximum atomic E-state index is 10.5. The second-order valence-electron chi connectivity index (χ2n) is 2.46. The molecular weight excluding hydrogens is 250 g/mol. The summed E-state index contributed by atoms with van der Waals surface area (Å²) in [6, 6.07) is 7.95. The highest BCUT2D eigenvalue weighted by atomic mass is 35.5. The predicted molar refractivity (Wildman–Crippen MR) is 53.0 cm³/mol. The monoisotopic (exact) mass is 256 g/mol. The molecule has 1 aromatic rings. The van der Waals surface area contributed by atoms with Gasteiger partial charge in [-0.05, 0) is 0 Å². The van der Waals surface area contributed by atoms with Crippen molar-refractivity contribution in [3.8, 4) is 0 Å². The van der Waals surface area contributed by atoms with Crippen molar-refractivity contribution in [2.45, 2.75) is 4.52 Å². The van der Waals surface area contributed by atoms with Crippen molar-refractivity contribution in [2.24, 2.45) is 0 Å². The third kappa shape index (κ3) is 3.58. The minimum atomic E-state index is -4.72. The molecule has 0 saturated carbocycles. The van der Waals surface area contributed by atoms with Crippen LogP contribution in [0.5, 0.6) is 0 Å². The predicted octanol–water partition coefficient (Wildman–Crippen LogP) is 2.38. The largest absolute Gasteiger partial charge is 0.472 e. The van der Waals surface area contributed by atoms with Gasteiger partial charge in [0, 0.05) is 5.56 Å². The molecule has 0 fully saturated rings. The molecule has 7 heteroatoms. The Morgan fingerprint density at radius 3 is 2.14 bits per heavy atom. The molecule has 1 aromatic carbocycles. The van der Waals surface area contributed by atoms with E-state index in [0.717, 1.165) is 0 Å². The minimum Gasteiger partial charge on any atom is -0.303 e. The summed E-state index contributed by atoms with van der Waals surface area (Å²) in [7, 11) is -4.72. The Morgan fingerprint density at radius 2 is 1.71 bits per heavy atom. The number of halogens is 2.